The van der Waals surface area contributed by atoms with Crippen molar-refractivity contribution in [3.8, 4) is 0 Å². The summed E-state index contributed by atoms with van der Waals surface area (Å²) in [5.74, 6) is 4.13. The highest BCUT2D eigenvalue weighted by atomic mass is 32.2. The zero-order chi connectivity index (χ0) is 18.4. The Morgan fingerprint density at radius 1 is 0.875 bits per heavy atom. The van der Waals surface area contributed by atoms with Gasteiger partial charge in [0.15, 0.2) is 0 Å². The highest BCUT2D eigenvalue weighted by molar-refractivity contribution is 7.85. The van der Waals surface area contributed by atoms with Gasteiger partial charge >= 0.3 is 0 Å². The van der Waals surface area contributed by atoms with Crippen molar-refractivity contribution in [1.29, 1.82) is 0 Å². The zero-order valence-corrected chi connectivity index (χ0v) is 18.2. The molecule has 3 unspecified atom stereocenters. The lowest BCUT2D eigenvalue weighted by atomic mass is 9.91. The van der Waals surface area contributed by atoms with Gasteiger partial charge in [-0.25, -0.2) is 0 Å². The van der Waals surface area contributed by atoms with Gasteiger partial charge in [-0.3, -0.25) is 4.21 Å². The monoisotopic (exact) mass is 356 g/mol. The quantitative estimate of drug-likeness (QED) is 0.285. The van der Waals surface area contributed by atoms with Gasteiger partial charge < -0.3 is 0 Å². The highest BCUT2D eigenvalue weighted by Crippen LogP contribution is 2.22. The minimum absolute atomic E-state index is 0.653. The molecule has 0 saturated carbocycles. The summed E-state index contributed by atoms with van der Waals surface area (Å²) in [5.41, 5.74) is 1.42. The molecule has 0 heterocycles. The fourth-order valence-corrected chi connectivity index (χ4v) is 3.87. The van der Waals surface area contributed by atoms with Gasteiger partial charge in [0, 0.05) is 22.3 Å². The molecule has 24 heavy (non-hydrogen) atoms. The molecule has 0 amide bonds. The van der Waals surface area contributed by atoms with Gasteiger partial charge in [0.2, 0.25) is 0 Å². The molecule has 0 aliphatic rings. The van der Waals surface area contributed by atoms with Gasteiger partial charge in [-0.15, -0.1) is 0 Å². The maximum absolute atomic E-state index is 11.4. The van der Waals surface area contributed by atoms with Crippen LogP contribution in [0.1, 0.15) is 99.3 Å². The van der Waals surface area contributed by atoms with E-state index in [1.54, 1.807) is 0 Å². The lowest BCUT2D eigenvalue weighted by molar-refractivity contribution is 0.389. The lowest BCUT2D eigenvalue weighted by Gasteiger charge is -2.15. The molecule has 0 bridgehead atoms. The van der Waals surface area contributed by atoms with Gasteiger partial charge in [0.05, 0.1) is 0 Å². The fraction of sp³-hybridized carbons (Fsp3) is 0.909. The first kappa shape index (κ1) is 23.9. The molecular formula is C22H44OS. The molecule has 0 fully saturated rings. The van der Waals surface area contributed by atoms with Crippen molar-refractivity contribution in [1.82, 2.24) is 0 Å². The van der Waals surface area contributed by atoms with Crippen molar-refractivity contribution in [2.75, 3.05) is 11.5 Å². The summed E-state index contributed by atoms with van der Waals surface area (Å²) in [4.78, 5) is 0. The molecule has 0 N–H and O–H groups in total. The number of allylic oxidation sites excluding steroid dienone is 1. The lowest BCUT2D eigenvalue weighted by Crippen LogP contribution is -2.00. The van der Waals surface area contributed by atoms with Crippen LogP contribution in [-0.4, -0.2) is 15.7 Å². The average Bonchev–Trinajstić information content (AvgIpc) is 2.52. The van der Waals surface area contributed by atoms with Gasteiger partial charge in [-0.1, -0.05) is 91.2 Å². The normalized spacial score (nSPS) is 16.4. The smallest absolute Gasteiger partial charge is 0.0417 e. The van der Waals surface area contributed by atoms with E-state index < -0.39 is 10.8 Å². The van der Waals surface area contributed by atoms with Crippen LogP contribution in [-0.2, 0) is 10.8 Å². The largest absolute Gasteiger partial charge is 0.259 e. The van der Waals surface area contributed by atoms with Crippen LogP contribution in [0.25, 0.3) is 0 Å². The highest BCUT2D eigenvalue weighted by Gasteiger charge is 2.06. The summed E-state index contributed by atoms with van der Waals surface area (Å²) in [7, 11) is -0.653. The van der Waals surface area contributed by atoms with Crippen LogP contribution in [0.3, 0.4) is 0 Å². The Kier molecular flexibility index (Phi) is 15.1. The van der Waals surface area contributed by atoms with Crippen molar-refractivity contribution >= 4 is 10.8 Å². The van der Waals surface area contributed by atoms with Crippen LogP contribution >= 0.6 is 0 Å². The minimum atomic E-state index is -0.653. The molecule has 0 aromatic heterocycles. The minimum Gasteiger partial charge on any atom is -0.259 e. The van der Waals surface area contributed by atoms with Crippen molar-refractivity contribution in [3.63, 3.8) is 0 Å². The van der Waals surface area contributed by atoms with Crippen LogP contribution in [0, 0.1) is 17.8 Å². The summed E-state index contributed by atoms with van der Waals surface area (Å²) in [6.45, 7) is 13.7. The molecule has 144 valence electrons. The number of hydrogen-bond acceptors (Lipinski definition) is 1. The van der Waals surface area contributed by atoms with E-state index in [-0.39, 0.29) is 0 Å². The molecule has 0 radical (unpaired) electrons. The van der Waals surface area contributed by atoms with Crippen LogP contribution in [0.4, 0.5) is 0 Å². The third-order valence-corrected chi connectivity index (χ3v) is 6.26. The van der Waals surface area contributed by atoms with Crippen molar-refractivity contribution in [2.24, 2.45) is 17.8 Å². The van der Waals surface area contributed by atoms with E-state index in [2.05, 4.69) is 40.7 Å². The Morgan fingerprint density at radius 2 is 1.38 bits per heavy atom. The molecule has 0 saturated heterocycles. The third-order valence-electron chi connectivity index (χ3n) is 5.08. The first-order chi connectivity index (χ1) is 11.3. The van der Waals surface area contributed by atoms with Gasteiger partial charge in [0.25, 0.3) is 0 Å². The summed E-state index contributed by atoms with van der Waals surface area (Å²) >= 11 is 0. The van der Waals surface area contributed by atoms with Gasteiger partial charge in [-0.2, -0.15) is 0 Å². The van der Waals surface area contributed by atoms with Crippen molar-refractivity contribution < 1.29 is 4.21 Å². The molecule has 1 nitrogen and oxygen atoms in total. The Labute approximate surface area is 155 Å². The number of hydrogen-bond donors (Lipinski definition) is 0. The van der Waals surface area contributed by atoms with Crippen LogP contribution in [0.5, 0.6) is 0 Å². The average molecular weight is 357 g/mol. The van der Waals surface area contributed by atoms with Crippen LogP contribution < -0.4 is 0 Å². The maximum Gasteiger partial charge on any atom is 0.0417 e. The summed E-state index contributed by atoms with van der Waals surface area (Å²) in [5, 5.41) is 0. The van der Waals surface area contributed by atoms with E-state index in [1.807, 2.05) is 6.92 Å². The van der Waals surface area contributed by atoms with E-state index in [1.165, 1.54) is 63.4 Å². The van der Waals surface area contributed by atoms with E-state index in [4.69, 9.17) is 0 Å². The van der Waals surface area contributed by atoms with Gasteiger partial charge in [0.1, 0.15) is 0 Å². The SMILES string of the molecule is CCS(=O)CC=C(C)CCCC(C)CCCC(C)CCCC(C)C. The van der Waals surface area contributed by atoms with Crippen LogP contribution in [0.2, 0.25) is 0 Å². The first-order valence-corrected chi connectivity index (χ1v) is 11.8. The Morgan fingerprint density at radius 3 is 1.88 bits per heavy atom. The van der Waals surface area contributed by atoms with E-state index >= 15 is 0 Å². The topological polar surface area (TPSA) is 17.1 Å². The molecular weight excluding hydrogens is 312 g/mol. The first-order valence-electron chi connectivity index (χ1n) is 10.4. The molecule has 0 spiro atoms. The molecule has 0 aromatic rings. The maximum atomic E-state index is 11.4. The predicted molar refractivity (Wildman–Crippen MR) is 112 cm³/mol. The molecule has 0 rings (SSSR count). The summed E-state index contributed by atoms with van der Waals surface area (Å²) in [6.07, 6.45) is 14.4. The molecule has 0 aliphatic heterocycles. The van der Waals surface area contributed by atoms with Gasteiger partial charge in [-0.05, 0) is 37.5 Å². The summed E-state index contributed by atoms with van der Waals surface area (Å²) < 4.78 is 11.4. The summed E-state index contributed by atoms with van der Waals surface area (Å²) in [6, 6.07) is 0. The van der Waals surface area contributed by atoms with Crippen molar-refractivity contribution in [2.45, 2.75) is 99.3 Å². The molecule has 0 aliphatic carbocycles. The standard InChI is InChI=1S/C22H44OS/c1-7-24(23)18-17-22(6)16-10-15-21(5)14-9-13-20(4)12-8-11-19(2)3/h17,19-21H,7-16,18H2,1-6H3. The Bertz CT molecular complexity index is 346. The predicted octanol–water partition coefficient (Wildman–Crippen LogP) is 7.14. The fourth-order valence-electron chi connectivity index (χ4n) is 3.16. The zero-order valence-electron chi connectivity index (χ0n) is 17.4. The van der Waals surface area contributed by atoms with Crippen LogP contribution in [0.15, 0.2) is 11.6 Å². The molecule has 3 atom stereocenters. The van der Waals surface area contributed by atoms with Crippen molar-refractivity contribution in [3.05, 3.63) is 11.6 Å². The van der Waals surface area contributed by atoms with E-state index in [9.17, 15) is 4.21 Å². The van der Waals surface area contributed by atoms with E-state index in [0.29, 0.717) is 0 Å². The Balaban J connectivity index is 3.65. The second-order valence-electron chi connectivity index (χ2n) is 8.30. The molecule has 0 aromatic carbocycles. The van der Waals surface area contributed by atoms with E-state index in [0.717, 1.165) is 29.3 Å². The third kappa shape index (κ3) is 15.4. The number of rotatable bonds is 15. The second kappa shape index (κ2) is 15.2. The second-order valence-corrected chi connectivity index (χ2v) is 10.1. The molecule has 2 heteroatoms. The Hall–Kier alpha value is -0.110.